The van der Waals surface area contributed by atoms with Gasteiger partial charge < -0.3 is 10.1 Å². The molecule has 5 heteroatoms. The lowest BCUT2D eigenvalue weighted by molar-refractivity contribution is 0.351. The summed E-state index contributed by atoms with van der Waals surface area (Å²) >= 11 is 1.43. The average molecular weight is 261 g/mol. The maximum absolute atomic E-state index is 5.78. The van der Waals surface area contributed by atoms with Crippen LogP contribution in [0.3, 0.4) is 0 Å². The summed E-state index contributed by atoms with van der Waals surface area (Å²) in [7, 11) is 0. The number of fused-ring (bicyclic) bond motifs is 1. The number of para-hydroxylation sites is 1. The van der Waals surface area contributed by atoms with Crippen molar-refractivity contribution in [2.24, 2.45) is 0 Å². The fourth-order valence-electron chi connectivity index (χ4n) is 2.34. The van der Waals surface area contributed by atoms with Crippen molar-refractivity contribution in [3.63, 3.8) is 0 Å². The molecule has 18 heavy (non-hydrogen) atoms. The largest absolute Gasteiger partial charge is 0.493 e. The highest BCUT2D eigenvalue weighted by Gasteiger charge is 2.23. The molecule has 0 saturated carbocycles. The molecule has 4 nitrogen and oxygen atoms in total. The lowest BCUT2D eigenvalue weighted by atomic mass is 10.0. The van der Waals surface area contributed by atoms with Gasteiger partial charge >= 0.3 is 0 Å². The molecule has 0 spiro atoms. The van der Waals surface area contributed by atoms with Crippen LogP contribution in [-0.2, 0) is 6.42 Å². The van der Waals surface area contributed by atoms with Crippen molar-refractivity contribution < 1.29 is 4.74 Å². The van der Waals surface area contributed by atoms with E-state index >= 15 is 0 Å². The first-order valence-corrected chi connectivity index (χ1v) is 6.92. The Bertz CT molecular complexity index is 527. The molecule has 0 amide bonds. The highest BCUT2D eigenvalue weighted by Crippen LogP contribution is 2.36. The van der Waals surface area contributed by atoms with Crippen LogP contribution in [0.2, 0.25) is 0 Å². The van der Waals surface area contributed by atoms with Gasteiger partial charge in [-0.1, -0.05) is 29.6 Å². The van der Waals surface area contributed by atoms with Crippen LogP contribution in [0, 0.1) is 0 Å². The van der Waals surface area contributed by atoms with E-state index < -0.39 is 0 Å². The second-order valence-electron chi connectivity index (χ2n) is 4.24. The van der Waals surface area contributed by atoms with Crippen LogP contribution >= 0.6 is 11.5 Å². The first-order chi connectivity index (χ1) is 8.90. The standard InChI is InChI=1S/C13H15N3OS/c1-2-14-12(11-8-15-16-18-11)10-5-3-4-9-6-7-17-13(9)10/h3-5,8,12,14H,2,6-7H2,1H3. The minimum atomic E-state index is 0.128. The molecule has 0 radical (unpaired) electrons. The Morgan fingerprint density at radius 2 is 2.44 bits per heavy atom. The Morgan fingerprint density at radius 1 is 1.50 bits per heavy atom. The van der Waals surface area contributed by atoms with Gasteiger partial charge in [0.25, 0.3) is 0 Å². The van der Waals surface area contributed by atoms with Gasteiger partial charge in [-0.25, -0.2) is 0 Å². The van der Waals surface area contributed by atoms with Crippen LogP contribution in [0.1, 0.15) is 29.0 Å². The number of rotatable bonds is 4. The maximum atomic E-state index is 5.78. The Kier molecular flexibility index (Phi) is 3.25. The number of aromatic nitrogens is 2. The Labute approximate surface area is 110 Å². The Balaban J connectivity index is 2.03. The number of nitrogens with zero attached hydrogens (tertiary/aromatic N) is 2. The van der Waals surface area contributed by atoms with Gasteiger partial charge in [-0.05, 0) is 23.6 Å². The lowest BCUT2D eigenvalue weighted by Crippen LogP contribution is -2.21. The van der Waals surface area contributed by atoms with Crippen molar-refractivity contribution in [3.05, 3.63) is 40.4 Å². The van der Waals surface area contributed by atoms with Crippen molar-refractivity contribution in [2.45, 2.75) is 19.4 Å². The van der Waals surface area contributed by atoms with E-state index in [0.29, 0.717) is 0 Å². The zero-order valence-corrected chi connectivity index (χ0v) is 11.0. The zero-order valence-electron chi connectivity index (χ0n) is 10.2. The molecule has 1 aliphatic heterocycles. The van der Waals surface area contributed by atoms with Crippen molar-refractivity contribution >= 4 is 11.5 Å². The summed E-state index contributed by atoms with van der Waals surface area (Å²) in [4.78, 5) is 1.13. The fourth-order valence-corrected chi connectivity index (χ4v) is 2.94. The molecule has 3 rings (SSSR count). The predicted octanol–water partition coefficient (Wildman–Crippen LogP) is 2.17. The van der Waals surface area contributed by atoms with E-state index in [1.54, 1.807) is 0 Å². The molecule has 0 fully saturated rings. The Hall–Kier alpha value is -1.46. The van der Waals surface area contributed by atoms with Crippen LogP contribution in [-0.4, -0.2) is 22.7 Å². The number of hydrogen-bond acceptors (Lipinski definition) is 5. The van der Waals surface area contributed by atoms with E-state index in [2.05, 4.69) is 40.0 Å². The third kappa shape index (κ3) is 2.00. The third-order valence-corrected chi connectivity index (χ3v) is 3.85. The van der Waals surface area contributed by atoms with Crippen molar-refractivity contribution in [1.29, 1.82) is 0 Å². The van der Waals surface area contributed by atoms with Gasteiger partial charge in [0.1, 0.15) is 5.75 Å². The lowest BCUT2D eigenvalue weighted by Gasteiger charge is -2.18. The van der Waals surface area contributed by atoms with E-state index in [4.69, 9.17) is 4.74 Å². The van der Waals surface area contributed by atoms with Crippen LogP contribution < -0.4 is 10.1 Å². The molecule has 2 aromatic rings. The highest BCUT2D eigenvalue weighted by atomic mass is 32.1. The monoisotopic (exact) mass is 261 g/mol. The fraction of sp³-hybridized carbons (Fsp3) is 0.385. The molecule has 2 heterocycles. The summed E-state index contributed by atoms with van der Waals surface area (Å²) in [6, 6.07) is 6.49. The molecular weight excluding hydrogens is 246 g/mol. The van der Waals surface area contributed by atoms with Gasteiger partial charge in [-0.2, -0.15) is 0 Å². The number of ether oxygens (including phenoxy) is 1. The zero-order chi connectivity index (χ0) is 12.4. The van der Waals surface area contributed by atoms with E-state index in [0.717, 1.165) is 30.2 Å². The first kappa shape index (κ1) is 11.6. The van der Waals surface area contributed by atoms with Gasteiger partial charge in [-0.15, -0.1) is 5.10 Å². The number of hydrogen-bond donors (Lipinski definition) is 1. The normalized spacial score (nSPS) is 15.2. The smallest absolute Gasteiger partial charge is 0.127 e. The molecule has 1 atom stereocenters. The summed E-state index contributed by atoms with van der Waals surface area (Å²) in [5.41, 5.74) is 2.49. The first-order valence-electron chi connectivity index (χ1n) is 6.15. The molecule has 1 aromatic carbocycles. The van der Waals surface area contributed by atoms with E-state index in [1.807, 2.05) is 6.20 Å². The molecule has 1 aromatic heterocycles. The van der Waals surface area contributed by atoms with Crippen molar-refractivity contribution in [2.75, 3.05) is 13.2 Å². The Morgan fingerprint density at radius 3 is 3.22 bits per heavy atom. The third-order valence-electron chi connectivity index (χ3n) is 3.13. The van der Waals surface area contributed by atoms with Gasteiger partial charge in [0.15, 0.2) is 0 Å². The molecule has 1 unspecified atom stereocenters. The second kappa shape index (κ2) is 5.04. The summed E-state index contributed by atoms with van der Waals surface area (Å²) in [5, 5.41) is 7.41. The number of nitrogens with one attached hydrogen (secondary N) is 1. The van der Waals surface area contributed by atoms with Gasteiger partial charge in [0.2, 0.25) is 0 Å². The minimum Gasteiger partial charge on any atom is -0.493 e. The summed E-state index contributed by atoms with van der Waals surface area (Å²) < 4.78 is 9.73. The maximum Gasteiger partial charge on any atom is 0.127 e. The van der Waals surface area contributed by atoms with Crippen molar-refractivity contribution in [3.8, 4) is 5.75 Å². The van der Waals surface area contributed by atoms with Gasteiger partial charge in [0.05, 0.1) is 23.7 Å². The van der Waals surface area contributed by atoms with E-state index in [9.17, 15) is 0 Å². The minimum absolute atomic E-state index is 0.128. The SMILES string of the molecule is CCNC(c1cnns1)c1cccc2c1OCC2. The molecule has 94 valence electrons. The molecule has 0 bridgehead atoms. The summed E-state index contributed by atoms with van der Waals surface area (Å²) in [5.74, 6) is 1.04. The van der Waals surface area contributed by atoms with Crippen LogP contribution in [0.4, 0.5) is 0 Å². The molecule has 1 aliphatic rings. The molecule has 0 aliphatic carbocycles. The predicted molar refractivity (Wildman–Crippen MR) is 71.1 cm³/mol. The van der Waals surface area contributed by atoms with Gasteiger partial charge in [-0.3, -0.25) is 0 Å². The summed E-state index contributed by atoms with van der Waals surface area (Å²) in [6.45, 7) is 3.78. The average Bonchev–Trinajstić information content (AvgIpc) is 3.06. The molecular formula is C13H15N3OS. The topological polar surface area (TPSA) is 47.0 Å². The van der Waals surface area contributed by atoms with Crippen LogP contribution in [0.25, 0.3) is 0 Å². The van der Waals surface area contributed by atoms with E-state index in [1.165, 1.54) is 22.7 Å². The quantitative estimate of drug-likeness (QED) is 0.916. The molecule has 0 saturated heterocycles. The summed E-state index contributed by atoms with van der Waals surface area (Å²) in [6.07, 6.45) is 2.83. The second-order valence-corrected chi connectivity index (χ2v) is 5.06. The van der Waals surface area contributed by atoms with Gasteiger partial charge in [0, 0.05) is 12.0 Å². The van der Waals surface area contributed by atoms with Crippen LogP contribution in [0.15, 0.2) is 24.4 Å². The molecule has 1 N–H and O–H groups in total. The number of benzene rings is 1. The van der Waals surface area contributed by atoms with Crippen LogP contribution in [0.5, 0.6) is 5.75 Å². The highest BCUT2D eigenvalue weighted by molar-refractivity contribution is 7.05. The van der Waals surface area contributed by atoms with E-state index in [-0.39, 0.29) is 6.04 Å². The van der Waals surface area contributed by atoms with Crippen molar-refractivity contribution in [1.82, 2.24) is 14.9 Å².